The second-order valence-electron chi connectivity index (χ2n) is 9.10. The molecule has 0 N–H and O–H groups in total. The van der Waals surface area contributed by atoms with E-state index in [1.54, 1.807) is 0 Å². The molecule has 14 nitrogen and oxygen atoms in total. The third kappa shape index (κ3) is 6.47. The number of benzene rings is 2. The Labute approximate surface area is 261 Å². The van der Waals surface area contributed by atoms with Crippen LogP contribution in [0.1, 0.15) is 28.4 Å². The SMILES string of the molecule is CCOCCOCCOCCOC(=O)c1cc([N+](=O)[O-])cc2c1-c1c(cc([N+](=O)[O-])cc1[N+](=O)[O-])C2=C1Sc2cscc2S1. The topological polar surface area (TPSA) is 183 Å². The van der Waals surface area contributed by atoms with Crippen LogP contribution in [0.5, 0.6) is 0 Å². The van der Waals surface area contributed by atoms with Gasteiger partial charge in [0.15, 0.2) is 0 Å². The lowest BCUT2D eigenvalue weighted by molar-refractivity contribution is -0.393. The van der Waals surface area contributed by atoms with Gasteiger partial charge in [-0.3, -0.25) is 30.3 Å². The van der Waals surface area contributed by atoms with E-state index in [4.69, 9.17) is 18.9 Å². The van der Waals surface area contributed by atoms with Crippen LogP contribution in [-0.4, -0.2) is 67.0 Å². The van der Waals surface area contributed by atoms with Crippen LogP contribution >= 0.6 is 34.9 Å². The third-order valence-electron chi connectivity index (χ3n) is 6.46. The fourth-order valence-corrected chi connectivity index (χ4v) is 8.40. The Morgan fingerprint density at radius 2 is 1.27 bits per heavy atom. The molecule has 0 unspecified atom stereocenters. The second-order valence-corrected chi connectivity index (χ2v) is 12.2. The van der Waals surface area contributed by atoms with Gasteiger partial charge in [0.25, 0.3) is 17.1 Å². The highest BCUT2D eigenvalue weighted by molar-refractivity contribution is 8.25. The maximum atomic E-state index is 13.4. The van der Waals surface area contributed by atoms with E-state index in [0.29, 0.717) is 36.2 Å². The van der Waals surface area contributed by atoms with Gasteiger partial charge in [0.05, 0.1) is 69.2 Å². The van der Waals surface area contributed by atoms with E-state index >= 15 is 0 Å². The number of fused-ring (bicyclic) bond motifs is 4. The molecule has 0 amide bonds. The fourth-order valence-electron chi connectivity index (χ4n) is 4.65. The molecule has 17 heteroatoms. The summed E-state index contributed by atoms with van der Waals surface area (Å²) < 4.78 is 21.9. The van der Waals surface area contributed by atoms with Crippen LogP contribution in [0.25, 0.3) is 16.7 Å². The number of carbonyl (C=O) groups excluding carboxylic acids is 1. The first kappa shape index (κ1) is 31.6. The Hall–Kier alpha value is -3.87. The van der Waals surface area contributed by atoms with Crippen molar-refractivity contribution in [2.24, 2.45) is 0 Å². The van der Waals surface area contributed by atoms with Crippen LogP contribution in [0.3, 0.4) is 0 Å². The number of thioether (sulfide) groups is 2. The number of carbonyl (C=O) groups is 1. The molecule has 44 heavy (non-hydrogen) atoms. The first-order valence-corrected chi connectivity index (χ1v) is 15.7. The van der Waals surface area contributed by atoms with Gasteiger partial charge in [0, 0.05) is 62.1 Å². The summed E-state index contributed by atoms with van der Waals surface area (Å²) in [5.74, 6) is -0.961. The van der Waals surface area contributed by atoms with Gasteiger partial charge in [0.1, 0.15) is 6.61 Å². The summed E-state index contributed by atoms with van der Waals surface area (Å²) in [7, 11) is 0. The van der Waals surface area contributed by atoms with Gasteiger partial charge in [-0.05, 0) is 12.5 Å². The zero-order valence-electron chi connectivity index (χ0n) is 23.0. The van der Waals surface area contributed by atoms with Gasteiger partial charge < -0.3 is 18.9 Å². The number of esters is 1. The number of nitro benzene ring substituents is 3. The quantitative estimate of drug-likeness (QED) is 0.0636. The van der Waals surface area contributed by atoms with E-state index in [2.05, 4.69) is 0 Å². The van der Waals surface area contributed by atoms with E-state index in [9.17, 15) is 35.1 Å². The molecule has 1 aliphatic heterocycles. The molecule has 5 rings (SSSR count). The number of nitro groups is 3. The molecule has 2 aliphatic rings. The molecule has 2 aromatic carbocycles. The Balaban J connectivity index is 1.51. The lowest BCUT2D eigenvalue weighted by Crippen LogP contribution is -2.15. The van der Waals surface area contributed by atoms with Crippen molar-refractivity contribution >= 4 is 63.5 Å². The molecule has 2 heterocycles. The largest absolute Gasteiger partial charge is 0.460 e. The lowest BCUT2D eigenvalue weighted by atomic mass is 9.97. The zero-order valence-corrected chi connectivity index (χ0v) is 25.4. The minimum Gasteiger partial charge on any atom is -0.460 e. The summed E-state index contributed by atoms with van der Waals surface area (Å²) >= 11 is 4.18. The predicted molar refractivity (Wildman–Crippen MR) is 162 cm³/mol. The van der Waals surface area contributed by atoms with E-state index in [-0.39, 0.29) is 47.6 Å². The lowest BCUT2D eigenvalue weighted by Gasteiger charge is -2.11. The predicted octanol–water partition coefficient (Wildman–Crippen LogP) is 6.29. The Morgan fingerprint density at radius 1 is 0.727 bits per heavy atom. The van der Waals surface area contributed by atoms with Crippen molar-refractivity contribution in [1.29, 1.82) is 0 Å². The Morgan fingerprint density at radius 3 is 1.84 bits per heavy atom. The molecule has 1 aromatic heterocycles. The monoisotopic (exact) mass is 661 g/mol. The standard InChI is InChI=1S/C27H23N3O11S3/c1-2-38-3-4-39-5-6-40-7-8-41-26(31)19-11-15(28(32)33)9-17-23(19)25-18(10-16(29(34)35)12-20(25)30(36)37)24(17)27-43-21-13-42-14-22(21)44-27/h9-14H,2-8H2,1H3. The summed E-state index contributed by atoms with van der Waals surface area (Å²) in [6.07, 6.45) is 0. The van der Waals surface area contributed by atoms with Crippen molar-refractivity contribution in [3.8, 4) is 11.1 Å². The maximum Gasteiger partial charge on any atom is 0.339 e. The highest BCUT2D eigenvalue weighted by atomic mass is 32.2. The number of nitrogens with zero attached hydrogens (tertiary/aromatic N) is 3. The second kappa shape index (κ2) is 13.8. The number of hydrogen-bond acceptors (Lipinski definition) is 14. The maximum absolute atomic E-state index is 13.4. The average molecular weight is 662 g/mol. The number of hydrogen-bond donors (Lipinski definition) is 0. The highest BCUT2D eigenvalue weighted by Gasteiger charge is 2.41. The van der Waals surface area contributed by atoms with Crippen molar-refractivity contribution in [3.63, 3.8) is 0 Å². The summed E-state index contributed by atoms with van der Waals surface area (Å²) in [6, 6.07) is 4.25. The normalized spacial score (nSPS) is 13.0. The van der Waals surface area contributed by atoms with Crippen LogP contribution < -0.4 is 0 Å². The van der Waals surface area contributed by atoms with E-state index in [0.717, 1.165) is 21.9 Å². The van der Waals surface area contributed by atoms with Gasteiger partial charge in [-0.15, -0.1) is 0 Å². The van der Waals surface area contributed by atoms with Crippen LogP contribution in [0, 0.1) is 30.3 Å². The van der Waals surface area contributed by atoms with Crippen LogP contribution in [0.2, 0.25) is 0 Å². The molecule has 0 saturated heterocycles. The van der Waals surface area contributed by atoms with E-state index in [1.807, 2.05) is 17.7 Å². The molecule has 0 saturated carbocycles. The van der Waals surface area contributed by atoms with Gasteiger partial charge in [-0.25, -0.2) is 4.79 Å². The van der Waals surface area contributed by atoms with Crippen molar-refractivity contribution < 1.29 is 38.5 Å². The van der Waals surface area contributed by atoms with Gasteiger partial charge in [-0.1, -0.05) is 23.5 Å². The molecule has 230 valence electrons. The first-order chi connectivity index (χ1) is 21.2. The summed E-state index contributed by atoms with van der Waals surface area (Å²) in [4.78, 5) is 49.0. The summed E-state index contributed by atoms with van der Waals surface area (Å²) in [5, 5.41) is 39.8. The zero-order chi connectivity index (χ0) is 31.4. The summed E-state index contributed by atoms with van der Waals surface area (Å²) in [5.41, 5.74) is -1.21. The molecule has 0 atom stereocenters. The average Bonchev–Trinajstić information content (AvgIpc) is 3.68. The fraction of sp³-hybridized carbons (Fsp3) is 0.296. The minimum absolute atomic E-state index is 0.00538. The molecular formula is C27H23N3O11S3. The van der Waals surface area contributed by atoms with Crippen molar-refractivity contribution in [1.82, 2.24) is 0 Å². The molecular weight excluding hydrogens is 639 g/mol. The van der Waals surface area contributed by atoms with Gasteiger partial charge in [-0.2, -0.15) is 11.3 Å². The van der Waals surface area contributed by atoms with Crippen LogP contribution in [0.4, 0.5) is 17.1 Å². The number of rotatable bonds is 14. The molecule has 0 radical (unpaired) electrons. The van der Waals surface area contributed by atoms with Gasteiger partial charge >= 0.3 is 5.97 Å². The molecule has 0 bridgehead atoms. The molecule has 3 aromatic rings. The van der Waals surface area contributed by atoms with Gasteiger partial charge in [0.2, 0.25) is 0 Å². The van der Waals surface area contributed by atoms with Crippen molar-refractivity contribution in [2.45, 2.75) is 16.7 Å². The smallest absolute Gasteiger partial charge is 0.339 e. The molecule has 0 fully saturated rings. The van der Waals surface area contributed by atoms with E-state index < -0.39 is 37.8 Å². The molecule has 0 spiro atoms. The van der Waals surface area contributed by atoms with Crippen LogP contribution in [-0.2, 0) is 18.9 Å². The first-order valence-electron chi connectivity index (χ1n) is 13.1. The van der Waals surface area contributed by atoms with Crippen molar-refractivity contribution in [2.75, 3.05) is 46.2 Å². The third-order valence-corrected chi connectivity index (χ3v) is 10.0. The minimum atomic E-state index is -0.961. The number of non-ortho nitro benzene ring substituents is 2. The summed E-state index contributed by atoms with van der Waals surface area (Å²) in [6.45, 7) is 3.66. The van der Waals surface area contributed by atoms with Crippen molar-refractivity contribution in [3.05, 3.63) is 86.3 Å². The number of ether oxygens (including phenoxy) is 4. The highest BCUT2D eigenvalue weighted by Crippen LogP contribution is 2.61. The van der Waals surface area contributed by atoms with Crippen LogP contribution in [0.15, 0.2) is 49.1 Å². The van der Waals surface area contributed by atoms with E-state index in [1.165, 1.54) is 47.0 Å². The Bertz CT molecular complexity index is 1670. The number of thiophene rings is 1. The molecule has 1 aliphatic carbocycles. The Kier molecular flexibility index (Phi) is 9.92.